The summed E-state index contributed by atoms with van der Waals surface area (Å²) in [6, 6.07) is 27.7. The summed E-state index contributed by atoms with van der Waals surface area (Å²) >= 11 is 0.820. The maximum absolute atomic E-state index is 12.8. The lowest BCUT2D eigenvalue weighted by atomic mass is 10.1. The fourth-order valence-electron chi connectivity index (χ4n) is 3.94. The van der Waals surface area contributed by atoms with Gasteiger partial charge in [-0.25, -0.2) is 0 Å². The van der Waals surface area contributed by atoms with Gasteiger partial charge in [-0.05, 0) is 57.9 Å². The number of thioether (sulfide) groups is 1. The van der Waals surface area contributed by atoms with Crippen LogP contribution in [0.4, 0.5) is 10.5 Å². The Morgan fingerprint density at radius 1 is 0.889 bits per heavy atom. The molecule has 0 N–H and O–H groups in total. The van der Waals surface area contributed by atoms with Crippen molar-refractivity contribution in [2.75, 3.05) is 0 Å². The molecule has 0 atom stereocenters. The maximum atomic E-state index is 12.8. The zero-order valence-electron chi connectivity index (χ0n) is 19.0. The monoisotopic (exact) mass is 496 g/mol. The van der Waals surface area contributed by atoms with Crippen molar-refractivity contribution in [1.82, 2.24) is 4.90 Å². The van der Waals surface area contributed by atoms with E-state index in [0.29, 0.717) is 17.9 Å². The molecule has 4 aromatic rings. The molecule has 0 saturated carbocycles. The summed E-state index contributed by atoms with van der Waals surface area (Å²) in [5.74, 6) is 0.213. The Bertz CT molecular complexity index is 1510. The molecule has 4 aromatic carbocycles. The molecule has 1 fully saturated rings. The largest absolute Gasteiger partial charge is 0.489 e. The summed E-state index contributed by atoms with van der Waals surface area (Å²) < 4.78 is 5.91. The summed E-state index contributed by atoms with van der Waals surface area (Å²) in [6.07, 6.45) is 1.64. The number of nitrogens with zero attached hydrogens (tertiary/aromatic N) is 2. The van der Waals surface area contributed by atoms with Crippen molar-refractivity contribution in [3.63, 3.8) is 0 Å². The molecule has 1 aliphatic rings. The maximum Gasteiger partial charge on any atom is 0.293 e. The number of nitro groups is 1. The predicted molar refractivity (Wildman–Crippen MR) is 139 cm³/mol. The van der Waals surface area contributed by atoms with E-state index < -0.39 is 16.1 Å². The van der Waals surface area contributed by atoms with E-state index in [1.54, 1.807) is 24.3 Å². The lowest BCUT2D eigenvalue weighted by molar-refractivity contribution is -0.385. The molecular formula is C28H20N2O5S. The van der Waals surface area contributed by atoms with Gasteiger partial charge in [0.15, 0.2) is 0 Å². The number of imide groups is 1. The smallest absolute Gasteiger partial charge is 0.293 e. The van der Waals surface area contributed by atoms with Crippen molar-refractivity contribution in [2.24, 2.45) is 0 Å². The van der Waals surface area contributed by atoms with Gasteiger partial charge in [0, 0.05) is 11.6 Å². The minimum Gasteiger partial charge on any atom is -0.489 e. The third-order valence-electron chi connectivity index (χ3n) is 5.79. The summed E-state index contributed by atoms with van der Waals surface area (Å²) in [4.78, 5) is 37.3. The Morgan fingerprint density at radius 2 is 1.61 bits per heavy atom. The molecule has 7 nitrogen and oxygen atoms in total. The molecule has 178 valence electrons. The van der Waals surface area contributed by atoms with Gasteiger partial charge >= 0.3 is 0 Å². The Kier molecular flexibility index (Phi) is 6.51. The van der Waals surface area contributed by atoms with Crippen LogP contribution in [0.25, 0.3) is 16.8 Å². The highest BCUT2D eigenvalue weighted by Gasteiger charge is 2.36. The van der Waals surface area contributed by atoms with E-state index >= 15 is 0 Å². The summed E-state index contributed by atoms with van der Waals surface area (Å²) in [6.45, 7) is 0.273. The Morgan fingerprint density at radius 3 is 2.39 bits per heavy atom. The van der Waals surface area contributed by atoms with Gasteiger partial charge in [0.1, 0.15) is 12.4 Å². The van der Waals surface area contributed by atoms with E-state index in [1.165, 1.54) is 11.5 Å². The van der Waals surface area contributed by atoms with Gasteiger partial charge in [-0.2, -0.15) is 0 Å². The third-order valence-corrected chi connectivity index (χ3v) is 6.69. The molecule has 0 aliphatic carbocycles. The van der Waals surface area contributed by atoms with Crippen LogP contribution in [0.1, 0.15) is 16.7 Å². The molecule has 0 unspecified atom stereocenters. The molecule has 8 heteroatoms. The van der Waals surface area contributed by atoms with Gasteiger partial charge in [-0.1, -0.05) is 66.7 Å². The van der Waals surface area contributed by atoms with Crippen LogP contribution in [0, 0.1) is 10.1 Å². The first-order valence-corrected chi connectivity index (χ1v) is 12.0. The minimum absolute atomic E-state index is 0.125. The zero-order chi connectivity index (χ0) is 25.1. The SMILES string of the molecule is O=C1S/C(=C\c2ccc(OCc3ccc4ccccc4c3)cc2)C(=O)N1Cc1ccccc1[N+](=O)[O-]. The number of nitro benzene ring substituents is 1. The van der Waals surface area contributed by atoms with Crippen LogP contribution < -0.4 is 4.74 Å². The number of fused-ring (bicyclic) bond motifs is 1. The lowest BCUT2D eigenvalue weighted by Gasteiger charge is -2.12. The van der Waals surface area contributed by atoms with Crippen LogP contribution in [0.2, 0.25) is 0 Å². The van der Waals surface area contributed by atoms with Crippen molar-refractivity contribution in [1.29, 1.82) is 0 Å². The molecule has 1 saturated heterocycles. The fourth-order valence-corrected chi connectivity index (χ4v) is 4.77. The van der Waals surface area contributed by atoms with Gasteiger partial charge in [0.2, 0.25) is 0 Å². The van der Waals surface area contributed by atoms with Crippen LogP contribution in [0.15, 0.2) is 95.9 Å². The molecule has 5 rings (SSSR count). The molecule has 2 amide bonds. The molecule has 0 bridgehead atoms. The number of hydrogen-bond acceptors (Lipinski definition) is 6. The summed E-state index contributed by atoms with van der Waals surface area (Å²) in [7, 11) is 0. The molecular weight excluding hydrogens is 476 g/mol. The van der Waals surface area contributed by atoms with Crippen molar-refractivity contribution < 1.29 is 19.2 Å². The molecule has 0 aromatic heterocycles. The van der Waals surface area contributed by atoms with E-state index in [1.807, 2.05) is 42.5 Å². The topological polar surface area (TPSA) is 89.8 Å². The number of ether oxygens (including phenoxy) is 1. The van der Waals surface area contributed by atoms with E-state index in [2.05, 4.69) is 24.3 Å². The highest BCUT2D eigenvalue weighted by Crippen LogP contribution is 2.34. The number of rotatable bonds is 7. The van der Waals surface area contributed by atoms with Crippen molar-refractivity contribution in [3.05, 3.63) is 123 Å². The summed E-state index contributed by atoms with van der Waals surface area (Å²) in [5, 5.41) is 13.1. The number of carbonyl (C=O) groups is 2. The van der Waals surface area contributed by atoms with Gasteiger partial charge in [-0.3, -0.25) is 24.6 Å². The number of amides is 2. The quantitative estimate of drug-likeness (QED) is 0.163. The van der Waals surface area contributed by atoms with Gasteiger partial charge in [-0.15, -0.1) is 0 Å². The normalized spacial score (nSPS) is 14.6. The van der Waals surface area contributed by atoms with Gasteiger partial charge in [0.25, 0.3) is 16.8 Å². The van der Waals surface area contributed by atoms with Crippen molar-refractivity contribution in [3.8, 4) is 5.75 Å². The molecule has 36 heavy (non-hydrogen) atoms. The lowest BCUT2D eigenvalue weighted by Crippen LogP contribution is -2.27. The summed E-state index contributed by atoms with van der Waals surface area (Å²) in [5.41, 5.74) is 1.98. The Balaban J connectivity index is 1.25. The number of hydrogen-bond donors (Lipinski definition) is 0. The van der Waals surface area contributed by atoms with Crippen molar-refractivity contribution >= 4 is 45.4 Å². The zero-order valence-corrected chi connectivity index (χ0v) is 19.8. The van der Waals surface area contributed by atoms with Crippen LogP contribution in [0.5, 0.6) is 5.75 Å². The van der Waals surface area contributed by atoms with Crippen LogP contribution in [-0.4, -0.2) is 21.0 Å². The second-order valence-corrected chi connectivity index (χ2v) is 9.19. The van der Waals surface area contributed by atoms with Gasteiger partial charge < -0.3 is 4.74 Å². The first kappa shape index (κ1) is 23.3. The van der Waals surface area contributed by atoms with E-state index in [4.69, 9.17) is 4.74 Å². The van der Waals surface area contributed by atoms with E-state index in [0.717, 1.165) is 33.2 Å². The molecule has 1 aliphatic heterocycles. The predicted octanol–water partition coefficient (Wildman–Crippen LogP) is 6.56. The number of para-hydroxylation sites is 1. The molecule has 1 heterocycles. The Labute approximate surface area is 211 Å². The highest BCUT2D eigenvalue weighted by atomic mass is 32.2. The average molecular weight is 497 g/mol. The first-order valence-electron chi connectivity index (χ1n) is 11.2. The molecule has 0 spiro atoms. The fraction of sp³-hybridized carbons (Fsp3) is 0.0714. The van der Waals surface area contributed by atoms with Crippen molar-refractivity contribution in [2.45, 2.75) is 13.2 Å². The van der Waals surface area contributed by atoms with Gasteiger partial charge in [0.05, 0.1) is 16.4 Å². The van der Waals surface area contributed by atoms with Crippen LogP contribution >= 0.6 is 11.8 Å². The Hall–Kier alpha value is -4.43. The van der Waals surface area contributed by atoms with Crippen LogP contribution in [-0.2, 0) is 17.9 Å². The van der Waals surface area contributed by atoms with E-state index in [9.17, 15) is 19.7 Å². The molecule has 0 radical (unpaired) electrons. The highest BCUT2D eigenvalue weighted by molar-refractivity contribution is 8.18. The standard InChI is InChI=1S/C28H20N2O5S/c31-27-26(36-28(32)29(27)17-23-7-3-4-8-25(23)30(33)34)16-19-10-13-24(14-11-19)35-18-20-9-12-21-5-1-2-6-22(21)15-20/h1-16H,17-18H2/b26-16-. The third kappa shape index (κ3) is 4.99. The average Bonchev–Trinajstić information content (AvgIpc) is 3.15. The second-order valence-electron chi connectivity index (χ2n) is 8.19. The minimum atomic E-state index is -0.520. The van der Waals surface area contributed by atoms with Crippen LogP contribution in [0.3, 0.4) is 0 Å². The number of benzene rings is 4. The first-order chi connectivity index (χ1) is 17.5. The second kappa shape index (κ2) is 10.1. The van der Waals surface area contributed by atoms with E-state index in [-0.39, 0.29) is 17.1 Å². The number of carbonyl (C=O) groups excluding carboxylic acids is 2.